The normalized spacial score (nSPS) is 24.1. The van der Waals surface area contributed by atoms with Crippen molar-refractivity contribution in [3.63, 3.8) is 0 Å². The predicted octanol–water partition coefficient (Wildman–Crippen LogP) is 0.0845. The molecular weight excluding hydrogens is 140 g/mol. The largest absolute Gasteiger partial charge is 0.476 e. The summed E-state index contributed by atoms with van der Waals surface area (Å²) in [5.74, 6) is 0.357. The standard InChI is InChI=1S/C4H6N2O2S/c1-2-8-4-3-5-9(7)6-4/h3H,2H2,1H3. The van der Waals surface area contributed by atoms with Gasteiger partial charge in [0.2, 0.25) is 5.90 Å². The van der Waals surface area contributed by atoms with Crippen LogP contribution in [0.4, 0.5) is 0 Å². The third-order valence-electron chi connectivity index (χ3n) is 0.714. The van der Waals surface area contributed by atoms with Crippen molar-refractivity contribution in [3.05, 3.63) is 0 Å². The average Bonchev–Trinajstić information content (AvgIpc) is 2.17. The molecule has 0 bridgehead atoms. The Bertz CT molecular complexity index is 187. The molecule has 1 aliphatic heterocycles. The number of hydrogen-bond acceptors (Lipinski definition) is 2. The fourth-order valence-corrected chi connectivity index (χ4v) is 0.907. The van der Waals surface area contributed by atoms with E-state index < -0.39 is 11.2 Å². The number of rotatable bonds is 1. The van der Waals surface area contributed by atoms with Gasteiger partial charge in [0, 0.05) is 0 Å². The first-order valence-electron chi connectivity index (χ1n) is 2.50. The van der Waals surface area contributed by atoms with E-state index in [2.05, 4.69) is 8.80 Å². The summed E-state index contributed by atoms with van der Waals surface area (Å²) >= 11 is -1.42. The maximum absolute atomic E-state index is 10.4. The highest BCUT2D eigenvalue weighted by atomic mass is 32.2. The molecule has 0 spiro atoms. The summed E-state index contributed by atoms with van der Waals surface area (Å²) in [6, 6.07) is 0. The van der Waals surface area contributed by atoms with Crippen molar-refractivity contribution in [1.29, 1.82) is 0 Å². The van der Waals surface area contributed by atoms with E-state index in [1.165, 1.54) is 6.21 Å². The van der Waals surface area contributed by atoms with Crippen LogP contribution in [-0.2, 0) is 15.9 Å². The number of hydrogen-bond donors (Lipinski definition) is 0. The molecule has 0 aromatic rings. The highest BCUT2D eigenvalue weighted by Crippen LogP contribution is 1.95. The third kappa shape index (κ3) is 1.60. The lowest BCUT2D eigenvalue weighted by Gasteiger charge is -1.93. The van der Waals surface area contributed by atoms with E-state index in [-0.39, 0.29) is 0 Å². The van der Waals surface area contributed by atoms with Gasteiger partial charge >= 0.3 is 0 Å². The van der Waals surface area contributed by atoms with Gasteiger partial charge in [0.25, 0.3) is 11.2 Å². The van der Waals surface area contributed by atoms with E-state index in [9.17, 15) is 4.21 Å². The van der Waals surface area contributed by atoms with Crippen molar-refractivity contribution in [3.8, 4) is 0 Å². The number of ether oxygens (including phenoxy) is 1. The fraction of sp³-hybridized carbons (Fsp3) is 0.500. The molecule has 1 rings (SSSR count). The molecule has 0 radical (unpaired) electrons. The van der Waals surface area contributed by atoms with Gasteiger partial charge in [-0.1, -0.05) is 0 Å². The van der Waals surface area contributed by atoms with Gasteiger partial charge in [0.1, 0.15) is 6.21 Å². The minimum Gasteiger partial charge on any atom is -0.476 e. The minimum absolute atomic E-state index is 0.357. The SMILES string of the molecule is CCOC1=NS(=O)N=C1. The molecule has 0 aliphatic carbocycles. The Morgan fingerprint density at radius 2 is 2.67 bits per heavy atom. The van der Waals surface area contributed by atoms with Crippen LogP contribution >= 0.6 is 0 Å². The molecule has 0 aromatic heterocycles. The van der Waals surface area contributed by atoms with Gasteiger partial charge in [-0.15, -0.1) is 4.40 Å². The second-order valence-corrected chi connectivity index (χ2v) is 2.18. The van der Waals surface area contributed by atoms with Crippen molar-refractivity contribution in [2.75, 3.05) is 6.61 Å². The number of nitrogens with zero attached hydrogens (tertiary/aromatic N) is 2. The molecule has 1 unspecified atom stereocenters. The van der Waals surface area contributed by atoms with Crippen LogP contribution in [0.25, 0.3) is 0 Å². The zero-order valence-corrected chi connectivity index (χ0v) is 5.72. The lowest BCUT2D eigenvalue weighted by Crippen LogP contribution is -2.01. The van der Waals surface area contributed by atoms with Crippen LogP contribution in [0.5, 0.6) is 0 Å². The summed E-state index contributed by atoms with van der Waals surface area (Å²) in [4.78, 5) is 0. The Hall–Kier alpha value is -0.710. The van der Waals surface area contributed by atoms with Crippen LogP contribution in [0.15, 0.2) is 8.80 Å². The van der Waals surface area contributed by atoms with E-state index in [1.807, 2.05) is 6.92 Å². The van der Waals surface area contributed by atoms with Crippen molar-refractivity contribution in [2.24, 2.45) is 8.80 Å². The van der Waals surface area contributed by atoms with E-state index >= 15 is 0 Å². The van der Waals surface area contributed by atoms with Crippen molar-refractivity contribution in [2.45, 2.75) is 6.92 Å². The summed E-state index contributed by atoms with van der Waals surface area (Å²) in [7, 11) is 0. The lowest BCUT2D eigenvalue weighted by atomic mass is 10.7. The van der Waals surface area contributed by atoms with Crippen molar-refractivity contribution >= 4 is 23.3 Å². The van der Waals surface area contributed by atoms with E-state index in [1.54, 1.807) is 0 Å². The highest BCUT2D eigenvalue weighted by molar-refractivity contribution is 7.83. The molecule has 0 saturated heterocycles. The summed E-state index contributed by atoms with van der Waals surface area (Å²) < 4.78 is 22.2. The molecule has 5 heteroatoms. The molecule has 0 fully saturated rings. The first-order chi connectivity index (χ1) is 4.33. The first-order valence-corrected chi connectivity index (χ1v) is 3.57. The van der Waals surface area contributed by atoms with Crippen molar-refractivity contribution in [1.82, 2.24) is 0 Å². The Kier molecular flexibility index (Phi) is 1.94. The molecule has 1 atom stereocenters. The topological polar surface area (TPSA) is 51.0 Å². The average molecular weight is 146 g/mol. The quantitative estimate of drug-likeness (QED) is 0.526. The van der Waals surface area contributed by atoms with E-state index in [0.29, 0.717) is 12.5 Å². The highest BCUT2D eigenvalue weighted by Gasteiger charge is 2.05. The molecule has 0 amide bonds. The van der Waals surface area contributed by atoms with Crippen LogP contribution in [0, 0.1) is 0 Å². The first kappa shape index (κ1) is 6.41. The van der Waals surface area contributed by atoms with Gasteiger partial charge in [0.05, 0.1) is 6.61 Å². The van der Waals surface area contributed by atoms with Crippen LogP contribution < -0.4 is 0 Å². The molecule has 0 aromatic carbocycles. The van der Waals surface area contributed by atoms with Crippen molar-refractivity contribution < 1.29 is 8.95 Å². The summed E-state index contributed by atoms with van der Waals surface area (Å²) in [6.07, 6.45) is 1.36. The molecule has 1 heterocycles. The maximum atomic E-state index is 10.4. The van der Waals surface area contributed by atoms with Gasteiger partial charge in [0.15, 0.2) is 0 Å². The Balaban J connectivity index is 2.53. The van der Waals surface area contributed by atoms with E-state index in [4.69, 9.17) is 4.74 Å². The second kappa shape index (κ2) is 2.72. The monoisotopic (exact) mass is 146 g/mol. The van der Waals surface area contributed by atoms with Gasteiger partial charge < -0.3 is 4.74 Å². The van der Waals surface area contributed by atoms with Crippen LogP contribution in [0.2, 0.25) is 0 Å². The third-order valence-corrected chi connectivity index (χ3v) is 1.34. The van der Waals surface area contributed by atoms with Crippen LogP contribution in [-0.4, -0.2) is 22.9 Å². The molecular formula is C4H6N2O2S. The Labute approximate surface area is 55.4 Å². The zero-order valence-electron chi connectivity index (χ0n) is 4.90. The Morgan fingerprint density at radius 1 is 1.89 bits per heavy atom. The molecule has 50 valence electrons. The zero-order chi connectivity index (χ0) is 6.69. The van der Waals surface area contributed by atoms with Crippen LogP contribution in [0.3, 0.4) is 0 Å². The maximum Gasteiger partial charge on any atom is 0.269 e. The van der Waals surface area contributed by atoms with E-state index in [0.717, 1.165) is 0 Å². The Morgan fingerprint density at radius 3 is 3.11 bits per heavy atom. The van der Waals surface area contributed by atoms with Gasteiger partial charge in [-0.05, 0) is 6.92 Å². The smallest absolute Gasteiger partial charge is 0.269 e. The van der Waals surface area contributed by atoms with Gasteiger partial charge in [-0.25, -0.2) is 4.21 Å². The summed E-state index contributed by atoms with van der Waals surface area (Å²) in [6.45, 7) is 2.36. The molecule has 4 nitrogen and oxygen atoms in total. The molecule has 9 heavy (non-hydrogen) atoms. The molecule has 1 aliphatic rings. The summed E-state index contributed by atoms with van der Waals surface area (Å²) in [5.41, 5.74) is 0. The lowest BCUT2D eigenvalue weighted by molar-refractivity contribution is 0.336. The summed E-state index contributed by atoms with van der Waals surface area (Å²) in [5, 5.41) is 0. The fourth-order valence-electron chi connectivity index (χ4n) is 0.426. The van der Waals surface area contributed by atoms with Gasteiger partial charge in [-0.3, -0.25) is 0 Å². The van der Waals surface area contributed by atoms with Crippen LogP contribution in [0.1, 0.15) is 6.92 Å². The second-order valence-electron chi connectivity index (χ2n) is 1.33. The van der Waals surface area contributed by atoms with Gasteiger partial charge in [-0.2, -0.15) is 4.40 Å². The predicted molar refractivity (Wildman–Crippen MR) is 35.7 cm³/mol. The molecule has 0 saturated carbocycles. The molecule has 0 N–H and O–H groups in total. The minimum atomic E-state index is -1.42.